The normalized spacial score (nSPS) is 21.3. The molecule has 1 N–H and O–H groups in total. The molecule has 0 aromatic heterocycles. The average molecular weight is 366 g/mol. The largest absolute Gasteiger partial charge is 0.497 e. The van der Waals surface area contributed by atoms with Crippen LogP contribution in [-0.2, 0) is 9.53 Å². The number of hydrogen-bond acceptors (Lipinski definition) is 5. The number of methoxy groups -OCH3 is 2. The highest BCUT2D eigenvalue weighted by Crippen LogP contribution is 2.44. The van der Waals surface area contributed by atoms with Crippen molar-refractivity contribution in [3.05, 3.63) is 54.1 Å². The maximum atomic E-state index is 12.3. The van der Waals surface area contributed by atoms with E-state index in [0.29, 0.717) is 0 Å². The van der Waals surface area contributed by atoms with Crippen molar-refractivity contribution in [3.63, 3.8) is 0 Å². The molecule has 0 spiro atoms. The Bertz CT molecular complexity index is 861. The van der Waals surface area contributed by atoms with Crippen LogP contribution in [0.2, 0.25) is 0 Å². The first kappa shape index (κ1) is 18.9. The second-order valence-corrected chi connectivity index (χ2v) is 6.40. The minimum absolute atomic E-state index is 0.112. The molecule has 6 heteroatoms. The minimum atomic E-state index is -0.642. The lowest BCUT2D eigenvalue weighted by Gasteiger charge is -2.52. The topological polar surface area (TPSA) is 82.8 Å². The van der Waals surface area contributed by atoms with Crippen molar-refractivity contribution in [2.75, 3.05) is 27.4 Å². The molecule has 1 saturated heterocycles. The quantitative estimate of drug-likeness (QED) is 0.847. The Morgan fingerprint density at radius 2 is 2.00 bits per heavy atom. The van der Waals surface area contributed by atoms with Crippen LogP contribution < -0.4 is 4.74 Å². The highest BCUT2D eigenvalue weighted by Gasteiger charge is 2.52. The van der Waals surface area contributed by atoms with Crippen molar-refractivity contribution in [2.45, 2.75) is 18.0 Å². The van der Waals surface area contributed by atoms with Gasteiger partial charge in [0.25, 0.3) is 0 Å². The maximum Gasteiger partial charge on any atom is 0.249 e. The lowest BCUT2D eigenvalue weighted by Crippen LogP contribution is -2.66. The van der Waals surface area contributed by atoms with Gasteiger partial charge in [0.05, 0.1) is 25.8 Å². The van der Waals surface area contributed by atoms with Gasteiger partial charge in [-0.1, -0.05) is 36.4 Å². The molecule has 0 radical (unpaired) electrons. The van der Waals surface area contributed by atoms with E-state index in [4.69, 9.17) is 9.47 Å². The Morgan fingerprint density at radius 3 is 2.67 bits per heavy atom. The fraction of sp³-hybridized carbons (Fsp3) is 0.333. The number of carbonyl (C=O) groups is 1. The molecule has 3 atom stereocenters. The summed E-state index contributed by atoms with van der Waals surface area (Å²) in [5.74, 6) is 0.171. The number of benzene rings is 2. The number of likely N-dealkylation sites (tertiary alicyclic amines) is 1. The van der Waals surface area contributed by atoms with Gasteiger partial charge in [0.15, 0.2) is 0 Å². The Balaban J connectivity index is 2.01. The second-order valence-electron chi connectivity index (χ2n) is 6.40. The molecule has 0 saturated carbocycles. The van der Waals surface area contributed by atoms with E-state index in [-0.39, 0.29) is 25.0 Å². The summed E-state index contributed by atoms with van der Waals surface area (Å²) in [5.41, 5.74) is 2.84. The molecule has 2 aromatic carbocycles. The molecule has 2 aromatic rings. The molecule has 0 aliphatic carbocycles. The molecule has 1 amide bonds. The number of hydrogen-bond donors (Lipinski definition) is 1. The molecule has 27 heavy (non-hydrogen) atoms. The number of aliphatic hydroxyl groups is 1. The number of rotatable bonds is 6. The van der Waals surface area contributed by atoms with E-state index >= 15 is 0 Å². The van der Waals surface area contributed by atoms with Crippen LogP contribution >= 0.6 is 0 Å². The van der Waals surface area contributed by atoms with E-state index in [1.165, 1.54) is 12.0 Å². The van der Waals surface area contributed by atoms with E-state index in [1.807, 2.05) is 48.5 Å². The predicted molar refractivity (Wildman–Crippen MR) is 100 cm³/mol. The first-order valence-corrected chi connectivity index (χ1v) is 8.70. The van der Waals surface area contributed by atoms with Gasteiger partial charge >= 0.3 is 0 Å². The smallest absolute Gasteiger partial charge is 0.249 e. The Labute approximate surface area is 158 Å². The van der Waals surface area contributed by atoms with Gasteiger partial charge in [0.2, 0.25) is 5.91 Å². The molecule has 140 valence electrons. The van der Waals surface area contributed by atoms with Crippen molar-refractivity contribution >= 4 is 5.91 Å². The van der Waals surface area contributed by atoms with Gasteiger partial charge in [-0.25, -0.2) is 0 Å². The minimum Gasteiger partial charge on any atom is -0.497 e. The van der Waals surface area contributed by atoms with Gasteiger partial charge in [-0.15, -0.1) is 0 Å². The lowest BCUT2D eigenvalue weighted by atomic mass is 9.73. The number of nitriles is 1. The summed E-state index contributed by atoms with van der Waals surface area (Å²) in [5, 5.41) is 19.6. The third kappa shape index (κ3) is 3.39. The molecule has 1 fully saturated rings. The molecule has 1 heterocycles. The van der Waals surface area contributed by atoms with Crippen molar-refractivity contribution < 1.29 is 19.4 Å². The van der Waals surface area contributed by atoms with Crippen LogP contribution in [-0.4, -0.2) is 55.4 Å². The van der Waals surface area contributed by atoms with Crippen molar-refractivity contribution in [1.29, 1.82) is 5.26 Å². The zero-order valence-electron chi connectivity index (χ0n) is 15.3. The third-order valence-electron chi connectivity index (χ3n) is 4.99. The first-order chi connectivity index (χ1) is 13.2. The SMILES string of the molecule is COCC(=O)N1[C@H](CO)[C@@H](c2ccccc2-c2cccc(OC)c2)[C@@H]1C#N. The average Bonchev–Trinajstić information content (AvgIpc) is 2.68. The van der Waals surface area contributed by atoms with Crippen molar-refractivity contribution in [3.8, 4) is 22.9 Å². The Kier molecular flexibility index (Phi) is 5.75. The number of ether oxygens (including phenoxy) is 2. The standard InChI is InChI=1S/C21H22N2O4/c1-26-13-20(25)23-18(11-22)21(19(23)12-24)17-9-4-3-8-16(17)14-6-5-7-15(10-14)27-2/h3-10,18-19,21,24H,12-13H2,1-2H3/t18-,19+,21-/m0/s1. The van der Waals surface area contributed by atoms with Crippen LogP contribution in [0.25, 0.3) is 11.1 Å². The van der Waals surface area contributed by atoms with E-state index < -0.39 is 12.1 Å². The van der Waals surface area contributed by atoms with Crippen molar-refractivity contribution in [1.82, 2.24) is 4.90 Å². The molecule has 0 bridgehead atoms. The van der Waals surface area contributed by atoms with Gasteiger partial charge < -0.3 is 19.5 Å². The molecule has 0 unspecified atom stereocenters. The Hall–Kier alpha value is -2.88. The lowest BCUT2D eigenvalue weighted by molar-refractivity contribution is -0.150. The van der Waals surface area contributed by atoms with Crippen LogP contribution in [0.4, 0.5) is 0 Å². The van der Waals surface area contributed by atoms with Crippen LogP contribution in [0.15, 0.2) is 48.5 Å². The molecule has 1 aliphatic heterocycles. The summed E-state index contributed by atoms with van der Waals surface area (Å²) in [6.07, 6.45) is 0. The van der Waals surface area contributed by atoms with Crippen LogP contribution in [0.5, 0.6) is 5.75 Å². The number of carbonyl (C=O) groups excluding carboxylic acids is 1. The maximum absolute atomic E-state index is 12.3. The summed E-state index contributed by atoms with van der Waals surface area (Å²) in [6, 6.07) is 16.6. The summed E-state index contributed by atoms with van der Waals surface area (Å²) < 4.78 is 10.2. The second kappa shape index (κ2) is 8.21. The van der Waals surface area contributed by atoms with Crippen molar-refractivity contribution in [2.24, 2.45) is 0 Å². The monoisotopic (exact) mass is 366 g/mol. The molecule has 6 nitrogen and oxygen atoms in total. The predicted octanol–water partition coefficient (Wildman–Crippen LogP) is 2.19. The molecular weight excluding hydrogens is 344 g/mol. The highest BCUT2D eigenvalue weighted by atomic mass is 16.5. The van der Waals surface area contributed by atoms with Gasteiger partial charge in [0.1, 0.15) is 18.4 Å². The highest BCUT2D eigenvalue weighted by molar-refractivity contribution is 5.81. The van der Waals surface area contributed by atoms with E-state index in [1.54, 1.807) is 7.11 Å². The summed E-state index contributed by atoms with van der Waals surface area (Å²) in [7, 11) is 3.05. The number of nitrogens with zero attached hydrogens (tertiary/aromatic N) is 2. The van der Waals surface area contributed by atoms with Gasteiger partial charge in [0, 0.05) is 13.0 Å². The van der Waals surface area contributed by atoms with Crippen LogP contribution in [0.3, 0.4) is 0 Å². The number of aliphatic hydroxyl groups excluding tert-OH is 1. The van der Waals surface area contributed by atoms with E-state index in [0.717, 1.165) is 22.4 Å². The fourth-order valence-corrected chi connectivity index (χ4v) is 3.76. The first-order valence-electron chi connectivity index (χ1n) is 8.70. The molecule has 1 aliphatic rings. The van der Waals surface area contributed by atoms with Gasteiger partial charge in [-0.2, -0.15) is 5.26 Å². The zero-order valence-corrected chi connectivity index (χ0v) is 15.3. The Morgan fingerprint density at radius 1 is 1.22 bits per heavy atom. The fourth-order valence-electron chi connectivity index (χ4n) is 3.76. The van der Waals surface area contributed by atoms with Gasteiger partial charge in [-0.05, 0) is 28.8 Å². The number of amides is 1. The zero-order chi connectivity index (χ0) is 19.4. The van der Waals surface area contributed by atoms with Gasteiger partial charge in [-0.3, -0.25) is 4.79 Å². The van der Waals surface area contributed by atoms with Crippen LogP contribution in [0.1, 0.15) is 11.5 Å². The molecular formula is C21H22N2O4. The van der Waals surface area contributed by atoms with Crippen LogP contribution in [0, 0.1) is 11.3 Å². The molecule has 3 rings (SSSR count). The third-order valence-corrected chi connectivity index (χ3v) is 4.99. The summed E-state index contributed by atoms with van der Waals surface area (Å²) >= 11 is 0. The van der Waals surface area contributed by atoms with E-state index in [9.17, 15) is 15.2 Å². The summed E-state index contributed by atoms with van der Waals surface area (Å²) in [4.78, 5) is 13.7. The van der Waals surface area contributed by atoms with E-state index in [2.05, 4.69) is 6.07 Å². The summed E-state index contributed by atoms with van der Waals surface area (Å²) in [6.45, 7) is -0.330.